The number of nitroso groups, excluding NO2 is 1. The second-order valence-corrected chi connectivity index (χ2v) is 2.20. The zero-order chi connectivity index (χ0) is 5.82. The van der Waals surface area contributed by atoms with Crippen molar-refractivity contribution >= 4 is 6.85 Å². The molecule has 1 N–H and O–H groups in total. The lowest BCUT2D eigenvalue weighted by Crippen LogP contribution is -2.24. The maximum Gasteiger partial charge on any atom is 0.276 e. The van der Waals surface area contributed by atoms with Crippen LogP contribution in [0.15, 0.2) is 5.29 Å². The molecule has 0 aromatic carbocycles. The third kappa shape index (κ3) is 1.22. The highest BCUT2D eigenvalue weighted by Crippen LogP contribution is 2.16. The average molecular weight is 112 g/mol. The van der Waals surface area contributed by atoms with Gasteiger partial charge in [0.05, 0.1) is 0 Å². The summed E-state index contributed by atoms with van der Waals surface area (Å²) in [6.45, 7) is 0.382. The maximum atomic E-state index is 9.60. The number of nitrogens with one attached hydrogen (secondary N) is 1. The van der Waals surface area contributed by atoms with E-state index in [-0.39, 0.29) is 0 Å². The van der Waals surface area contributed by atoms with Crippen molar-refractivity contribution in [1.82, 2.24) is 5.34 Å². The Kier molecular flexibility index (Phi) is 1.89. The lowest BCUT2D eigenvalue weighted by atomic mass is 9.62. The van der Waals surface area contributed by atoms with E-state index in [0.717, 1.165) is 12.6 Å². The molecule has 0 radical (unpaired) electrons. The Morgan fingerprint density at radius 1 is 1.38 bits per heavy atom. The highest BCUT2D eigenvalue weighted by molar-refractivity contribution is 6.56. The van der Waals surface area contributed by atoms with Crippen LogP contribution >= 0.6 is 0 Å². The topological polar surface area (TPSA) is 41.5 Å². The van der Waals surface area contributed by atoms with E-state index in [4.69, 9.17) is 0 Å². The molecule has 0 atom stereocenters. The van der Waals surface area contributed by atoms with E-state index < -0.39 is 0 Å². The van der Waals surface area contributed by atoms with Crippen LogP contribution in [0.4, 0.5) is 0 Å². The zero-order valence-corrected chi connectivity index (χ0v) is 4.76. The Hall–Kier alpha value is -0.535. The van der Waals surface area contributed by atoms with Crippen LogP contribution in [-0.2, 0) is 0 Å². The highest BCUT2D eigenvalue weighted by Gasteiger charge is 2.19. The fraction of sp³-hybridized carbons (Fsp3) is 1.00. The fourth-order valence-corrected chi connectivity index (χ4v) is 1.13. The molecule has 0 aromatic rings. The van der Waals surface area contributed by atoms with Crippen molar-refractivity contribution in [1.29, 1.82) is 0 Å². The first-order chi connectivity index (χ1) is 3.93. The SMILES string of the molecule is O=NNB1CCCC1. The van der Waals surface area contributed by atoms with Gasteiger partial charge < -0.3 is 5.34 Å². The fourth-order valence-electron chi connectivity index (χ4n) is 1.13. The van der Waals surface area contributed by atoms with Gasteiger partial charge in [-0.1, -0.05) is 25.5 Å². The number of hydrogen-bond acceptors (Lipinski definition) is 2. The van der Waals surface area contributed by atoms with Crippen LogP contribution in [0, 0.1) is 4.91 Å². The van der Waals surface area contributed by atoms with E-state index >= 15 is 0 Å². The van der Waals surface area contributed by atoms with Crippen molar-refractivity contribution in [3.63, 3.8) is 0 Å². The van der Waals surface area contributed by atoms with Gasteiger partial charge in [-0.05, 0) is 0 Å². The van der Waals surface area contributed by atoms with Crippen molar-refractivity contribution in [2.24, 2.45) is 5.29 Å². The summed E-state index contributed by atoms with van der Waals surface area (Å²) in [6, 6.07) is 0. The van der Waals surface area contributed by atoms with Crippen LogP contribution in [0.3, 0.4) is 0 Å². The molecule has 1 saturated heterocycles. The van der Waals surface area contributed by atoms with Crippen LogP contribution in [0.5, 0.6) is 0 Å². The maximum absolute atomic E-state index is 9.60. The second kappa shape index (κ2) is 2.69. The van der Waals surface area contributed by atoms with Gasteiger partial charge in [0.25, 0.3) is 6.85 Å². The van der Waals surface area contributed by atoms with E-state index in [9.17, 15) is 4.91 Å². The molecule has 0 saturated carbocycles. The van der Waals surface area contributed by atoms with Gasteiger partial charge in [0, 0.05) is 5.29 Å². The minimum Gasteiger partial charge on any atom is -0.317 e. The second-order valence-electron chi connectivity index (χ2n) is 2.20. The minimum atomic E-state index is 0.382. The Labute approximate surface area is 48.9 Å². The van der Waals surface area contributed by atoms with Gasteiger partial charge in [0.15, 0.2) is 0 Å². The summed E-state index contributed by atoms with van der Waals surface area (Å²) < 4.78 is 0. The molecule has 0 unspecified atom stereocenters. The Bertz CT molecular complexity index is 82.1. The van der Waals surface area contributed by atoms with Gasteiger partial charge in [-0.2, -0.15) is 0 Å². The number of nitrogens with zero attached hydrogens (tertiary/aromatic N) is 1. The molecule has 0 spiro atoms. The molecular weight excluding hydrogens is 103 g/mol. The number of hydrogen-bond donors (Lipinski definition) is 1. The first-order valence-electron chi connectivity index (χ1n) is 3.01. The van der Waals surface area contributed by atoms with E-state index in [0.29, 0.717) is 6.85 Å². The van der Waals surface area contributed by atoms with Crippen molar-refractivity contribution in [3.8, 4) is 0 Å². The highest BCUT2D eigenvalue weighted by atomic mass is 16.3. The van der Waals surface area contributed by atoms with Gasteiger partial charge in [-0.3, -0.25) is 0 Å². The van der Waals surface area contributed by atoms with E-state index in [1.807, 2.05) is 0 Å². The van der Waals surface area contributed by atoms with Gasteiger partial charge in [-0.15, -0.1) is 4.91 Å². The van der Waals surface area contributed by atoms with Gasteiger partial charge >= 0.3 is 0 Å². The standard InChI is InChI=1S/C4H9BN2O/c8-7-6-5-3-1-2-4-5/h1-4H2,(H,6,8). The lowest BCUT2D eigenvalue weighted by molar-refractivity contribution is 0.935. The van der Waals surface area contributed by atoms with E-state index in [1.54, 1.807) is 0 Å². The molecule has 1 rings (SSSR count). The summed E-state index contributed by atoms with van der Waals surface area (Å²) in [5.74, 6) is 0. The van der Waals surface area contributed by atoms with Gasteiger partial charge in [-0.25, -0.2) is 0 Å². The lowest BCUT2D eigenvalue weighted by Gasteiger charge is -1.95. The van der Waals surface area contributed by atoms with Crippen molar-refractivity contribution in [3.05, 3.63) is 4.91 Å². The normalized spacial score (nSPS) is 18.8. The molecule has 0 amide bonds. The molecule has 0 bridgehead atoms. The molecule has 44 valence electrons. The monoisotopic (exact) mass is 112 g/mol. The quantitative estimate of drug-likeness (QED) is 0.329. The van der Waals surface area contributed by atoms with Crippen LogP contribution in [0.25, 0.3) is 0 Å². The van der Waals surface area contributed by atoms with Crippen LogP contribution < -0.4 is 5.34 Å². The van der Waals surface area contributed by atoms with Crippen LogP contribution in [-0.4, -0.2) is 6.85 Å². The molecule has 1 heterocycles. The van der Waals surface area contributed by atoms with Crippen molar-refractivity contribution in [2.45, 2.75) is 25.5 Å². The van der Waals surface area contributed by atoms with Crippen molar-refractivity contribution < 1.29 is 0 Å². The Morgan fingerprint density at radius 2 is 2.00 bits per heavy atom. The number of rotatable bonds is 2. The Morgan fingerprint density at radius 3 is 2.50 bits per heavy atom. The summed E-state index contributed by atoms with van der Waals surface area (Å²) in [6.07, 6.45) is 4.72. The Balaban J connectivity index is 2.14. The molecule has 3 nitrogen and oxygen atoms in total. The molecule has 0 aromatic heterocycles. The summed E-state index contributed by atoms with van der Waals surface area (Å²) in [5, 5.41) is 5.13. The molecule has 0 aliphatic carbocycles. The van der Waals surface area contributed by atoms with Gasteiger partial charge in [0.2, 0.25) is 0 Å². The van der Waals surface area contributed by atoms with Crippen molar-refractivity contribution in [2.75, 3.05) is 0 Å². The predicted octanol–water partition coefficient (Wildman–Crippen LogP) is 1.04. The third-order valence-corrected chi connectivity index (χ3v) is 1.59. The van der Waals surface area contributed by atoms with E-state index in [2.05, 4.69) is 10.6 Å². The summed E-state index contributed by atoms with van der Waals surface area (Å²) in [4.78, 5) is 9.60. The predicted molar refractivity (Wildman–Crippen MR) is 33.5 cm³/mol. The molecule has 1 aliphatic heterocycles. The van der Waals surface area contributed by atoms with E-state index in [1.165, 1.54) is 12.8 Å². The molecule has 8 heavy (non-hydrogen) atoms. The minimum absolute atomic E-state index is 0.382. The smallest absolute Gasteiger partial charge is 0.276 e. The molecule has 1 fully saturated rings. The summed E-state index contributed by atoms with van der Waals surface area (Å²) in [7, 11) is 0. The molecular formula is C4H9BN2O. The third-order valence-electron chi connectivity index (χ3n) is 1.59. The van der Waals surface area contributed by atoms with Crippen LogP contribution in [0.2, 0.25) is 12.6 Å². The first kappa shape index (κ1) is 5.60. The molecule has 4 heteroatoms. The summed E-state index contributed by atoms with van der Waals surface area (Å²) >= 11 is 0. The van der Waals surface area contributed by atoms with Crippen LogP contribution in [0.1, 0.15) is 12.8 Å². The summed E-state index contributed by atoms with van der Waals surface area (Å²) in [5.41, 5.74) is 0. The largest absolute Gasteiger partial charge is 0.317 e. The molecule has 1 aliphatic rings. The average Bonchev–Trinajstić information content (AvgIpc) is 2.19. The zero-order valence-electron chi connectivity index (χ0n) is 4.76. The van der Waals surface area contributed by atoms with Gasteiger partial charge in [0.1, 0.15) is 0 Å². The first-order valence-corrected chi connectivity index (χ1v) is 3.01.